The molecule has 0 aliphatic rings. The molecule has 0 unspecified atom stereocenters. The van der Waals surface area contributed by atoms with Crippen LogP contribution in [-0.2, 0) is 17.4 Å². The van der Waals surface area contributed by atoms with Crippen LogP contribution in [0.4, 0.5) is 22.0 Å². The largest absolute Gasteiger partial charge is 0.481 e. The Labute approximate surface area is 98.3 Å². The molecule has 0 amide bonds. The molecule has 0 aliphatic carbocycles. The third-order valence-corrected chi connectivity index (χ3v) is 2.29. The zero-order valence-corrected chi connectivity index (χ0v) is 9.05. The standard InChI is InChI=1S/C10H8F5NO2/c1-4-6(2-7(17)18)16-3-5(9(11)12)8(4)10(13,14)15/h3,9H,2H2,1H3,(H,17,18). The van der Waals surface area contributed by atoms with Crippen molar-refractivity contribution in [2.75, 3.05) is 0 Å². The van der Waals surface area contributed by atoms with Crippen molar-refractivity contribution in [3.05, 3.63) is 28.6 Å². The van der Waals surface area contributed by atoms with Crippen molar-refractivity contribution in [2.45, 2.75) is 25.9 Å². The summed E-state index contributed by atoms with van der Waals surface area (Å²) in [6.07, 6.45) is -8.69. The van der Waals surface area contributed by atoms with Gasteiger partial charge in [0.2, 0.25) is 0 Å². The van der Waals surface area contributed by atoms with Gasteiger partial charge in [0, 0.05) is 11.8 Å². The predicted octanol–water partition coefficient (Wildman–Crippen LogP) is 2.97. The van der Waals surface area contributed by atoms with Gasteiger partial charge in [-0.2, -0.15) is 13.2 Å². The van der Waals surface area contributed by atoms with E-state index in [2.05, 4.69) is 4.98 Å². The van der Waals surface area contributed by atoms with Gasteiger partial charge in [0.15, 0.2) is 0 Å². The lowest BCUT2D eigenvalue weighted by molar-refractivity contribution is -0.140. The van der Waals surface area contributed by atoms with Crippen LogP contribution in [0.2, 0.25) is 0 Å². The van der Waals surface area contributed by atoms with Crippen LogP contribution in [0.25, 0.3) is 0 Å². The topological polar surface area (TPSA) is 50.2 Å². The Morgan fingerprint density at radius 1 is 1.44 bits per heavy atom. The Kier molecular flexibility index (Phi) is 3.88. The Bertz CT molecular complexity index is 470. The van der Waals surface area contributed by atoms with Gasteiger partial charge in [-0.15, -0.1) is 0 Å². The molecular weight excluding hydrogens is 261 g/mol. The maximum atomic E-state index is 12.7. The third kappa shape index (κ3) is 2.93. The van der Waals surface area contributed by atoms with Crippen LogP contribution >= 0.6 is 0 Å². The van der Waals surface area contributed by atoms with E-state index in [1.54, 1.807) is 0 Å². The molecule has 1 rings (SSSR count). The van der Waals surface area contributed by atoms with Crippen molar-refractivity contribution in [3.8, 4) is 0 Å². The first-order valence-corrected chi connectivity index (χ1v) is 4.70. The number of nitrogens with zero attached hydrogens (tertiary/aromatic N) is 1. The van der Waals surface area contributed by atoms with Crippen molar-refractivity contribution in [2.24, 2.45) is 0 Å². The van der Waals surface area contributed by atoms with E-state index in [1.807, 2.05) is 0 Å². The Balaban J connectivity index is 3.45. The van der Waals surface area contributed by atoms with E-state index in [1.165, 1.54) is 0 Å². The number of carboxylic acid groups (broad SMARTS) is 1. The number of carbonyl (C=O) groups is 1. The molecule has 0 radical (unpaired) electrons. The van der Waals surface area contributed by atoms with Gasteiger partial charge in [0.1, 0.15) is 0 Å². The van der Waals surface area contributed by atoms with E-state index in [0.29, 0.717) is 6.20 Å². The molecule has 0 saturated heterocycles. The van der Waals surface area contributed by atoms with E-state index in [0.717, 1.165) is 6.92 Å². The minimum atomic E-state index is -4.98. The number of hydrogen-bond acceptors (Lipinski definition) is 2. The highest BCUT2D eigenvalue weighted by Gasteiger charge is 2.38. The van der Waals surface area contributed by atoms with Crippen molar-refractivity contribution < 1.29 is 31.9 Å². The van der Waals surface area contributed by atoms with Crippen molar-refractivity contribution in [3.63, 3.8) is 0 Å². The smallest absolute Gasteiger partial charge is 0.417 e. The number of pyridine rings is 1. The van der Waals surface area contributed by atoms with Gasteiger partial charge < -0.3 is 5.11 Å². The molecule has 0 atom stereocenters. The fourth-order valence-corrected chi connectivity index (χ4v) is 1.53. The molecule has 1 aromatic rings. The zero-order chi connectivity index (χ0) is 14.1. The second-order valence-corrected chi connectivity index (χ2v) is 3.53. The first-order chi connectivity index (χ1) is 8.14. The molecule has 1 N–H and O–H groups in total. The Morgan fingerprint density at radius 2 is 2.00 bits per heavy atom. The number of aromatic nitrogens is 1. The monoisotopic (exact) mass is 269 g/mol. The normalized spacial score (nSPS) is 11.9. The van der Waals surface area contributed by atoms with E-state index in [4.69, 9.17) is 5.11 Å². The average Bonchev–Trinajstić information content (AvgIpc) is 2.17. The number of rotatable bonds is 3. The molecular formula is C10H8F5NO2. The minimum absolute atomic E-state index is 0.374. The molecule has 0 saturated carbocycles. The van der Waals surface area contributed by atoms with Crippen LogP contribution in [0.3, 0.4) is 0 Å². The summed E-state index contributed by atoms with van der Waals surface area (Å²) in [7, 11) is 0. The molecule has 3 nitrogen and oxygen atoms in total. The van der Waals surface area contributed by atoms with Crippen LogP contribution in [-0.4, -0.2) is 16.1 Å². The molecule has 8 heteroatoms. The van der Waals surface area contributed by atoms with Gasteiger partial charge in [-0.05, 0) is 12.5 Å². The van der Waals surface area contributed by atoms with Gasteiger partial charge in [-0.1, -0.05) is 0 Å². The highest BCUT2D eigenvalue weighted by atomic mass is 19.4. The van der Waals surface area contributed by atoms with Crippen molar-refractivity contribution >= 4 is 5.97 Å². The molecule has 1 aromatic heterocycles. The third-order valence-electron chi connectivity index (χ3n) is 2.29. The van der Waals surface area contributed by atoms with Crippen molar-refractivity contribution in [1.29, 1.82) is 0 Å². The zero-order valence-electron chi connectivity index (χ0n) is 9.05. The maximum absolute atomic E-state index is 12.7. The van der Waals surface area contributed by atoms with Gasteiger partial charge in [0.05, 0.1) is 17.7 Å². The summed E-state index contributed by atoms with van der Waals surface area (Å²) < 4.78 is 63.0. The molecule has 0 spiro atoms. The second-order valence-electron chi connectivity index (χ2n) is 3.53. The lowest BCUT2D eigenvalue weighted by Crippen LogP contribution is -2.16. The SMILES string of the molecule is Cc1c(CC(=O)O)ncc(C(F)F)c1C(F)(F)F. The van der Waals surface area contributed by atoms with Gasteiger partial charge in [0.25, 0.3) is 6.43 Å². The molecule has 1 heterocycles. The van der Waals surface area contributed by atoms with Crippen LogP contribution in [0.1, 0.15) is 28.8 Å². The summed E-state index contributed by atoms with van der Waals surface area (Å²) in [5.74, 6) is -1.39. The van der Waals surface area contributed by atoms with Crippen LogP contribution in [0, 0.1) is 6.92 Å². The number of hydrogen-bond donors (Lipinski definition) is 1. The fraction of sp³-hybridized carbons (Fsp3) is 0.400. The molecule has 18 heavy (non-hydrogen) atoms. The van der Waals surface area contributed by atoms with Crippen LogP contribution < -0.4 is 0 Å². The second kappa shape index (κ2) is 4.87. The number of halogens is 5. The van der Waals surface area contributed by atoms with Crippen LogP contribution in [0.5, 0.6) is 0 Å². The van der Waals surface area contributed by atoms with Gasteiger partial charge in [-0.3, -0.25) is 9.78 Å². The quantitative estimate of drug-likeness (QED) is 0.858. The first-order valence-electron chi connectivity index (χ1n) is 4.70. The van der Waals surface area contributed by atoms with Gasteiger partial charge in [-0.25, -0.2) is 8.78 Å². The lowest BCUT2D eigenvalue weighted by Gasteiger charge is -2.16. The number of carboxylic acids is 1. The Morgan fingerprint density at radius 3 is 2.39 bits per heavy atom. The summed E-state index contributed by atoms with van der Waals surface area (Å²) in [6.45, 7) is 0.931. The lowest BCUT2D eigenvalue weighted by atomic mass is 10.0. The molecule has 0 aliphatic heterocycles. The van der Waals surface area contributed by atoms with Crippen molar-refractivity contribution in [1.82, 2.24) is 4.98 Å². The summed E-state index contributed by atoms with van der Waals surface area (Å²) in [4.78, 5) is 13.8. The fourth-order valence-electron chi connectivity index (χ4n) is 1.53. The van der Waals surface area contributed by atoms with E-state index in [-0.39, 0.29) is 5.69 Å². The molecule has 0 aromatic carbocycles. The van der Waals surface area contributed by atoms with E-state index >= 15 is 0 Å². The summed E-state index contributed by atoms with van der Waals surface area (Å²) >= 11 is 0. The van der Waals surface area contributed by atoms with Crippen LogP contribution in [0.15, 0.2) is 6.20 Å². The van der Waals surface area contributed by atoms with E-state index < -0.39 is 41.7 Å². The summed E-state index contributed by atoms with van der Waals surface area (Å²) in [6, 6.07) is 0. The highest BCUT2D eigenvalue weighted by molar-refractivity contribution is 5.70. The predicted molar refractivity (Wildman–Crippen MR) is 50.3 cm³/mol. The highest BCUT2D eigenvalue weighted by Crippen LogP contribution is 2.38. The number of aliphatic carboxylic acids is 1. The minimum Gasteiger partial charge on any atom is -0.481 e. The van der Waals surface area contributed by atoms with E-state index in [9.17, 15) is 26.7 Å². The average molecular weight is 269 g/mol. The molecule has 0 fully saturated rings. The molecule has 0 bridgehead atoms. The molecule has 100 valence electrons. The summed E-state index contributed by atoms with van der Waals surface area (Å²) in [5, 5.41) is 8.49. The Hall–Kier alpha value is -1.73. The number of alkyl halides is 5. The first kappa shape index (κ1) is 14.3. The van der Waals surface area contributed by atoms with Gasteiger partial charge >= 0.3 is 12.1 Å². The summed E-state index contributed by atoms with van der Waals surface area (Å²) in [5.41, 5.74) is -3.71. The maximum Gasteiger partial charge on any atom is 0.417 e.